The summed E-state index contributed by atoms with van der Waals surface area (Å²) in [6.45, 7) is 2.22. The Morgan fingerprint density at radius 3 is 2.40 bits per heavy atom. The Morgan fingerprint density at radius 1 is 0.950 bits per heavy atom. The molecular formula is C18H20O2. The number of para-hydroxylation sites is 1. The van der Waals surface area contributed by atoms with Crippen molar-refractivity contribution in [2.75, 3.05) is 6.61 Å². The van der Waals surface area contributed by atoms with Crippen LogP contribution in [0.2, 0.25) is 0 Å². The molecule has 2 heteroatoms. The third-order valence-electron chi connectivity index (χ3n) is 3.23. The molecule has 0 bridgehead atoms. The highest BCUT2D eigenvalue weighted by Crippen LogP contribution is 2.18. The number of hydrogen-bond acceptors (Lipinski definition) is 2. The van der Waals surface area contributed by atoms with Crippen LogP contribution in [-0.2, 0) is 6.42 Å². The molecule has 0 saturated carbocycles. The van der Waals surface area contributed by atoms with Crippen LogP contribution in [0.25, 0.3) is 0 Å². The topological polar surface area (TPSA) is 26.3 Å². The molecule has 0 N–H and O–H groups in total. The van der Waals surface area contributed by atoms with E-state index in [9.17, 15) is 4.79 Å². The van der Waals surface area contributed by atoms with Crippen molar-refractivity contribution in [3.05, 3.63) is 65.7 Å². The van der Waals surface area contributed by atoms with Crippen molar-refractivity contribution in [3.8, 4) is 5.75 Å². The minimum absolute atomic E-state index is 0.0462. The monoisotopic (exact) mass is 268 g/mol. The number of rotatable bonds is 7. The first-order valence-electron chi connectivity index (χ1n) is 7.04. The van der Waals surface area contributed by atoms with Crippen molar-refractivity contribution < 1.29 is 9.53 Å². The van der Waals surface area contributed by atoms with Crippen LogP contribution in [-0.4, -0.2) is 12.4 Å². The first-order chi connectivity index (χ1) is 9.77. The molecule has 0 aliphatic heterocycles. The maximum Gasteiger partial charge on any atom is 0.163 e. The molecule has 0 amide bonds. The van der Waals surface area contributed by atoms with Crippen LogP contribution in [0.4, 0.5) is 0 Å². The zero-order chi connectivity index (χ0) is 14.2. The van der Waals surface area contributed by atoms with Crippen LogP contribution in [0, 0.1) is 0 Å². The minimum Gasteiger partial charge on any atom is -0.493 e. The highest BCUT2D eigenvalue weighted by molar-refractivity contribution is 5.96. The van der Waals surface area contributed by atoms with E-state index in [1.165, 1.54) is 5.56 Å². The Morgan fingerprint density at radius 2 is 1.65 bits per heavy atom. The summed E-state index contributed by atoms with van der Waals surface area (Å²) in [5.41, 5.74) is 2.02. The highest BCUT2D eigenvalue weighted by atomic mass is 16.5. The summed E-state index contributed by atoms with van der Waals surface area (Å²) in [5, 5.41) is 0. The molecule has 20 heavy (non-hydrogen) atoms. The molecule has 2 nitrogen and oxygen atoms in total. The van der Waals surface area contributed by atoms with Crippen molar-refractivity contribution >= 4 is 5.78 Å². The van der Waals surface area contributed by atoms with Gasteiger partial charge in [0.25, 0.3) is 0 Å². The first-order valence-corrected chi connectivity index (χ1v) is 7.04. The Bertz CT molecular complexity index is 546. The molecule has 0 aliphatic rings. The molecule has 104 valence electrons. The lowest BCUT2D eigenvalue weighted by Crippen LogP contribution is -2.03. The Kier molecular flexibility index (Phi) is 5.36. The summed E-state index contributed by atoms with van der Waals surface area (Å²) >= 11 is 0. The van der Waals surface area contributed by atoms with Crippen molar-refractivity contribution in [1.29, 1.82) is 0 Å². The average Bonchev–Trinajstić information content (AvgIpc) is 2.48. The molecule has 0 aliphatic carbocycles. The zero-order valence-electron chi connectivity index (χ0n) is 11.8. The van der Waals surface area contributed by atoms with Gasteiger partial charge in [0.1, 0.15) is 5.75 Å². The average molecular weight is 268 g/mol. The van der Waals surface area contributed by atoms with Crippen LogP contribution in [0.3, 0.4) is 0 Å². The molecule has 0 atom stereocenters. The highest BCUT2D eigenvalue weighted by Gasteiger charge is 2.06. The van der Waals surface area contributed by atoms with E-state index in [0.29, 0.717) is 17.9 Å². The lowest BCUT2D eigenvalue weighted by Gasteiger charge is -2.09. The predicted octanol–water partition coefficient (Wildman–Crippen LogP) is 4.29. The summed E-state index contributed by atoms with van der Waals surface area (Å²) in [5.74, 6) is 0.740. The summed E-state index contributed by atoms with van der Waals surface area (Å²) in [4.78, 5) is 11.5. The van der Waals surface area contributed by atoms with Gasteiger partial charge in [-0.25, -0.2) is 0 Å². The van der Waals surface area contributed by atoms with Gasteiger partial charge in [-0.1, -0.05) is 42.5 Å². The summed E-state index contributed by atoms with van der Waals surface area (Å²) < 4.78 is 5.72. The van der Waals surface area contributed by atoms with Gasteiger partial charge in [0, 0.05) is 0 Å². The fourth-order valence-corrected chi connectivity index (χ4v) is 2.14. The SMILES string of the molecule is CC(=O)c1ccccc1OCCCCc1ccccc1. The third-order valence-corrected chi connectivity index (χ3v) is 3.23. The van der Waals surface area contributed by atoms with Crippen molar-refractivity contribution in [2.24, 2.45) is 0 Å². The Balaban J connectivity index is 1.75. The second-order valence-electron chi connectivity index (χ2n) is 4.84. The molecule has 2 aromatic rings. The maximum absolute atomic E-state index is 11.5. The third kappa shape index (κ3) is 4.23. The molecule has 2 rings (SSSR count). The molecule has 2 aromatic carbocycles. The molecule has 0 fully saturated rings. The fourth-order valence-electron chi connectivity index (χ4n) is 2.14. The second kappa shape index (κ2) is 7.49. The van der Waals surface area contributed by atoms with E-state index < -0.39 is 0 Å². The van der Waals surface area contributed by atoms with Gasteiger partial charge in [-0.2, -0.15) is 0 Å². The molecule has 0 radical (unpaired) electrons. The number of aryl methyl sites for hydroxylation is 1. The molecular weight excluding hydrogens is 248 g/mol. The Labute approximate surface area is 120 Å². The smallest absolute Gasteiger partial charge is 0.163 e. The number of ether oxygens (including phenoxy) is 1. The summed E-state index contributed by atoms with van der Waals surface area (Å²) in [7, 11) is 0. The van der Waals surface area contributed by atoms with E-state index in [2.05, 4.69) is 24.3 Å². The Hall–Kier alpha value is -2.09. The van der Waals surface area contributed by atoms with Gasteiger partial charge in [-0.15, -0.1) is 0 Å². The number of carbonyl (C=O) groups is 1. The number of Topliss-reactive ketones (excluding diaryl/α,β-unsaturated/α-hetero) is 1. The number of ketones is 1. The van der Waals surface area contributed by atoms with Gasteiger partial charge in [-0.3, -0.25) is 4.79 Å². The van der Waals surface area contributed by atoms with Crippen molar-refractivity contribution in [2.45, 2.75) is 26.2 Å². The minimum atomic E-state index is 0.0462. The van der Waals surface area contributed by atoms with Crippen LogP contribution >= 0.6 is 0 Å². The number of hydrogen-bond donors (Lipinski definition) is 0. The van der Waals surface area contributed by atoms with E-state index in [1.54, 1.807) is 6.92 Å². The van der Waals surface area contributed by atoms with Crippen molar-refractivity contribution in [1.82, 2.24) is 0 Å². The van der Waals surface area contributed by atoms with Crippen LogP contribution in [0.1, 0.15) is 35.7 Å². The maximum atomic E-state index is 11.5. The molecule has 0 unspecified atom stereocenters. The lowest BCUT2D eigenvalue weighted by atomic mass is 10.1. The standard InChI is InChI=1S/C18H20O2/c1-15(19)17-12-5-6-13-18(17)20-14-8-7-11-16-9-3-2-4-10-16/h2-6,9-10,12-13H,7-8,11,14H2,1H3. The van der Waals surface area contributed by atoms with E-state index in [0.717, 1.165) is 19.3 Å². The van der Waals surface area contributed by atoms with E-state index in [-0.39, 0.29) is 5.78 Å². The van der Waals surface area contributed by atoms with E-state index in [4.69, 9.17) is 4.74 Å². The zero-order valence-corrected chi connectivity index (χ0v) is 11.8. The molecule has 0 aromatic heterocycles. The van der Waals surface area contributed by atoms with E-state index in [1.807, 2.05) is 30.3 Å². The number of unbranched alkanes of at least 4 members (excludes halogenated alkanes) is 1. The normalized spacial score (nSPS) is 10.2. The van der Waals surface area contributed by atoms with Gasteiger partial charge >= 0.3 is 0 Å². The van der Waals surface area contributed by atoms with Gasteiger partial charge in [-0.05, 0) is 43.9 Å². The second-order valence-corrected chi connectivity index (χ2v) is 4.84. The van der Waals surface area contributed by atoms with Crippen LogP contribution in [0.5, 0.6) is 5.75 Å². The van der Waals surface area contributed by atoms with Gasteiger partial charge in [0.05, 0.1) is 12.2 Å². The van der Waals surface area contributed by atoms with Crippen LogP contribution < -0.4 is 4.74 Å². The fraction of sp³-hybridized carbons (Fsp3) is 0.278. The lowest BCUT2D eigenvalue weighted by molar-refractivity contribution is 0.101. The summed E-state index contributed by atoms with van der Waals surface area (Å²) in [6.07, 6.45) is 3.14. The molecule has 0 heterocycles. The quantitative estimate of drug-likeness (QED) is 0.553. The molecule has 0 saturated heterocycles. The van der Waals surface area contributed by atoms with Crippen LogP contribution in [0.15, 0.2) is 54.6 Å². The van der Waals surface area contributed by atoms with Gasteiger partial charge in [0.15, 0.2) is 5.78 Å². The first kappa shape index (κ1) is 14.3. The van der Waals surface area contributed by atoms with Gasteiger partial charge in [0.2, 0.25) is 0 Å². The van der Waals surface area contributed by atoms with E-state index >= 15 is 0 Å². The number of benzene rings is 2. The van der Waals surface area contributed by atoms with Crippen molar-refractivity contribution in [3.63, 3.8) is 0 Å². The molecule has 0 spiro atoms. The summed E-state index contributed by atoms with van der Waals surface area (Å²) in [6, 6.07) is 17.9. The number of carbonyl (C=O) groups excluding carboxylic acids is 1. The largest absolute Gasteiger partial charge is 0.493 e. The predicted molar refractivity (Wildman–Crippen MR) is 81.3 cm³/mol. The van der Waals surface area contributed by atoms with Gasteiger partial charge < -0.3 is 4.74 Å².